The number of ether oxygens (including phenoxy) is 2. The molecular weight excluding hydrogens is 494 g/mol. The Labute approximate surface area is 220 Å². The molecule has 2 atom stereocenters. The fourth-order valence-electron chi connectivity index (χ4n) is 3.82. The van der Waals surface area contributed by atoms with Crippen LogP contribution in [0.1, 0.15) is 46.1 Å². The standard InChI is InChI=1S/C27H39N3O6S/c1-7-20(4)28-27(32)23(8-2)29(18-21-14-16-22(35-5)17-15-21)26(31)19-30(37(6,33)34)24-12-10-11-13-25(24)36-9-3/h10-17,20,23H,7-9,18-19H2,1-6H3,(H,28,32)/t20-,23-/m1/s1. The van der Waals surface area contributed by atoms with Crippen molar-refractivity contribution in [3.05, 3.63) is 54.1 Å². The minimum Gasteiger partial charge on any atom is -0.497 e. The van der Waals surface area contributed by atoms with Crippen LogP contribution in [0.5, 0.6) is 11.5 Å². The molecule has 0 unspecified atom stereocenters. The first-order valence-corrected chi connectivity index (χ1v) is 14.3. The van der Waals surface area contributed by atoms with Gasteiger partial charge in [-0.05, 0) is 56.5 Å². The van der Waals surface area contributed by atoms with E-state index in [9.17, 15) is 18.0 Å². The van der Waals surface area contributed by atoms with Gasteiger partial charge in [-0.2, -0.15) is 0 Å². The highest BCUT2D eigenvalue weighted by molar-refractivity contribution is 7.92. The summed E-state index contributed by atoms with van der Waals surface area (Å²) in [5.41, 5.74) is 1.05. The van der Waals surface area contributed by atoms with Gasteiger partial charge in [-0.3, -0.25) is 13.9 Å². The molecule has 0 aliphatic rings. The molecule has 0 radical (unpaired) electrons. The van der Waals surface area contributed by atoms with Crippen molar-refractivity contribution >= 4 is 27.5 Å². The van der Waals surface area contributed by atoms with E-state index in [1.807, 2.05) is 32.9 Å². The molecule has 0 fully saturated rings. The number of nitrogens with one attached hydrogen (secondary N) is 1. The Bertz CT molecular complexity index is 1140. The van der Waals surface area contributed by atoms with Crippen molar-refractivity contribution in [2.75, 3.05) is 30.8 Å². The lowest BCUT2D eigenvalue weighted by atomic mass is 10.1. The number of nitrogens with zero attached hydrogens (tertiary/aromatic N) is 2. The number of carbonyl (C=O) groups is 2. The molecule has 2 rings (SSSR count). The zero-order valence-corrected chi connectivity index (χ0v) is 23.4. The summed E-state index contributed by atoms with van der Waals surface area (Å²) in [5, 5.41) is 2.96. The highest BCUT2D eigenvalue weighted by atomic mass is 32.2. The summed E-state index contributed by atoms with van der Waals surface area (Å²) >= 11 is 0. The first-order chi connectivity index (χ1) is 17.5. The van der Waals surface area contributed by atoms with Crippen LogP contribution in [-0.4, -0.2) is 63.7 Å². The number of hydrogen-bond acceptors (Lipinski definition) is 6. The van der Waals surface area contributed by atoms with Gasteiger partial charge >= 0.3 is 0 Å². The molecule has 0 bridgehead atoms. The van der Waals surface area contributed by atoms with Crippen LogP contribution in [0.4, 0.5) is 5.69 Å². The first kappa shape index (κ1) is 30.0. The second-order valence-electron chi connectivity index (χ2n) is 8.78. The zero-order valence-electron chi connectivity index (χ0n) is 22.6. The maximum Gasteiger partial charge on any atom is 0.244 e. The van der Waals surface area contributed by atoms with Crippen molar-refractivity contribution in [1.82, 2.24) is 10.2 Å². The third-order valence-corrected chi connectivity index (χ3v) is 7.14. The van der Waals surface area contributed by atoms with E-state index in [4.69, 9.17) is 9.47 Å². The van der Waals surface area contributed by atoms with Gasteiger partial charge in [-0.25, -0.2) is 8.42 Å². The topological polar surface area (TPSA) is 105 Å². The second-order valence-corrected chi connectivity index (χ2v) is 10.7. The average Bonchev–Trinajstić information content (AvgIpc) is 2.87. The smallest absolute Gasteiger partial charge is 0.244 e. The Kier molecular flexibility index (Phi) is 11.2. The predicted molar refractivity (Wildman–Crippen MR) is 145 cm³/mol. The number of benzene rings is 2. The molecule has 204 valence electrons. The van der Waals surface area contributed by atoms with Gasteiger partial charge in [0.25, 0.3) is 0 Å². The number of para-hydroxylation sites is 2. The minimum atomic E-state index is -3.86. The van der Waals surface area contributed by atoms with Crippen LogP contribution in [0.25, 0.3) is 0 Å². The van der Waals surface area contributed by atoms with Crippen LogP contribution in [0.15, 0.2) is 48.5 Å². The predicted octanol–water partition coefficient (Wildman–Crippen LogP) is 3.58. The Morgan fingerprint density at radius 3 is 2.19 bits per heavy atom. The van der Waals surface area contributed by atoms with Crippen LogP contribution in [0.2, 0.25) is 0 Å². The molecule has 0 aromatic heterocycles. The molecular formula is C27H39N3O6S. The molecule has 0 saturated heterocycles. The van der Waals surface area contributed by atoms with Crippen LogP contribution in [-0.2, 0) is 26.2 Å². The van der Waals surface area contributed by atoms with Crippen molar-refractivity contribution < 1.29 is 27.5 Å². The number of carbonyl (C=O) groups excluding carboxylic acids is 2. The summed E-state index contributed by atoms with van der Waals surface area (Å²) in [6, 6.07) is 13.0. The van der Waals surface area contributed by atoms with Gasteiger partial charge in [0, 0.05) is 12.6 Å². The Morgan fingerprint density at radius 1 is 1.00 bits per heavy atom. The summed E-state index contributed by atoms with van der Waals surface area (Å²) in [5.74, 6) is 0.239. The van der Waals surface area contributed by atoms with Gasteiger partial charge in [-0.1, -0.05) is 38.1 Å². The van der Waals surface area contributed by atoms with Crippen LogP contribution < -0.4 is 19.1 Å². The van der Waals surface area contributed by atoms with E-state index in [0.717, 1.165) is 22.5 Å². The Hall–Kier alpha value is -3.27. The molecule has 9 nitrogen and oxygen atoms in total. The number of methoxy groups -OCH3 is 1. The lowest BCUT2D eigenvalue weighted by molar-refractivity contribution is -0.140. The number of anilines is 1. The zero-order chi connectivity index (χ0) is 27.6. The van der Waals surface area contributed by atoms with Gasteiger partial charge in [0.05, 0.1) is 25.7 Å². The van der Waals surface area contributed by atoms with E-state index >= 15 is 0 Å². The molecule has 0 aliphatic heterocycles. The lowest BCUT2D eigenvalue weighted by Gasteiger charge is -2.33. The van der Waals surface area contributed by atoms with Gasteiger partial charge in [0.2, 0.25) is 21.8 Å². The minimum absolute atomic E-state index is 0.0647. The summed E-state index contributed by atoms with van der Waals surface area (Å²) in [6.07, 6.45) is 2.15. The number of rotatable bonds is 14. The van der Waals surface area contributed by atoms with Crippen molar-refractivity contribution in [1.29, 1.82) is 0 Å². The lowest BCUT2D eigenvalue weighted by Crippen LogP contribution is -2.53. The van der Waals surface area contributed by atoms with Gasteiger partial charge in [0.15, 0.2) is 0 Å². The van der Waals surface area contributed by atoms with Crippen molar-refractivity contribution in [3.63, 3.8) is 0 Å². The first-order valence-electron chi connectivity index (χ1n) is 12.5. The largest absolute Gasteiger partial charge is 0.497 e. The Balaban J connectivity index is 2.48. The Morgan fingerprint density at radius 2 is 1.65 bits per heavy atom. The monoisotopic (exact) mass is 533 g/mol. The van der Waals surface area contributed by atoms with Crippen LogP contribution in [0.3, 0.4) is 0 Å². The highest BCUT2D eigenvalue weighted by Crippen LogP contribution is 2.30. The molecule has 0 aliphatic carbocycles. The normalized spacial score (nSPS) is 12.8. The maximum absolute atomic E-state index is 13.8. The molecule has 0 spiro atoms. The van der Waals surface area contributed by atoms with Crippen molar-refractivity contribution in [3.8, 4) is 11.5 Å². The maximum atomic E-state index is 13.8. The van der Waals surface area contributed by atoms with E-state index in [-0.39, 0.29) is 24.2 Å². The van der Waals surface area contributed by atoms with Crippen molar-refractivity contribution in [2.24, 2.45) is 0 Å². The molecule has 10 heteroatoms. The fraction of sp³-hybridized carbons (Fsp3) is 0.481. The summed E-state index contributed by atoms with van der Waals surface area (Å²) in [6.45, 7) is 7.47. The second kappa shape index (κ2) is 13.9. The third kappa shape index (κ3) is 8.38. The number of sulfonamides is 1. The summed E-state index contributed by atoms with van der Waals surface area (Å²) in [4.78, 5) is 28.4. The van der Waals surface area contributed by atoms with E-state index in [2.05, 4.69) is 5.32 Å². The molecule has 0 saturated carbocycles. The molecule has 37 heavy (non-hydrogen) atoms. The molecule has 0 heterocycles. The van der Waals surface area contributed by atoms with E-state index in [0.29, 0.717) is 24.5 Å². The molecule has 2 aromatic rings. The third-order valence-electron chi connectivity index (χ3n) is 6.01. The highest BCUT2D eigenvalue weighted by Gasteiger charge is 2.32. The number of amides is 2. The van der Waals surface area contributed by atoms with E-state index in [1.165, 1.54) is 4.90 Å². The van der Waals surface area contributed by atoms with Crippen LogP contribution >= 0.6 is 0 Å². The quantitative estimate of drug-likeness (QED) is 0.398. The SMILES string of the molecule is CCOc1ccccc1N(CC(=O)N(Cc1ccc(OC)cc1)[C@H](CC)C(=O)N[C@H](C)CC)S(C)(=O)=O. The van der Waals surface area contributed by atoms with E-state index < -0.39 is 28.5 Å². The summed E-state index contributed by atoms with van der Waals surface area (Å²) < 4.78 is 37.6. The van der Waals surface area contributed by atoms with Gasteiger partial charge in [-0.15, -0.1) is 0 Å². The molecule has 2 amide bonds. The van der Waals surface area contributed by atoms with Gasteiger partial charge < -0.3 is 19.7 Å². The van der Waals surface area contributed by atoms with E-state index in [1.54, 1.807) is 50.4 Å². The molecule has 1 N–H and O–H groups in total. The van der Waals surface area contributed by atoms with Crippen LogP contribution in [0, 0.1) is 0 Å². The summed E-state index contributed by atoms with van der Waals surface area (Å²) in [7, 11) is -2.29. The average molecular weight is 534 g/mol. The van der Waals surface area contributed by atoms with Crippen molar-refractivity contribution in [2.45, 2.75) is 59.2 Å². The molecule has 2 aromatic carbocycles. The fourth-order valence-corrected chi connectivity index (χ4v) is 4.68. The number of hydrogen-bond donors (Lipinski definition) is 1. The van der Waals surface area contributed by atoms with Gasteiger partial charge in [0.1, 0.15) is 24.1 Å².